The van der Waals surface area contributed by atoms with Crippen molar-refractivity contribution in [1.82, 2.24) is 0 Å². The minimum atomic E-state index is -1.92. The summed E-state index contributed by atoms with van der Waals surface area (Å²) >= 11 is 0. The standard InChI is InChI=1S/C9H28O3Si4.C7H22O2Si3/c1-14(2,3)10-13(11-15(4,5)6)12-16(7,8)9;1-10(8-11(2,3)4)9-12(5,6)7/h13H,1-9H3;10H,1-7H3. The Morgan fingerprint density at radius 3 is 0.679 bits per heavy atom. The lowest BCUT2D eigenvalue weighted by molar-refractivity contribution is 0.300. The second kappa shape index (κ2) is 11.8. The van der Waals surface area contributed by atoms with Crippen LogP contribution in [0.25, 0.3) is 0 Å². The van der Waals surface area contributed by atoms with Crippen molar-refractivity contribution in [2.24, 2.45) is 0 Å². The van der Waals surface area contributed by atoms with E-state index in [1.54, 1.807) is 0 Å². The van der Waals surface area contributed by atoms with Gasteiger partial charge in [0.25, 0.3) is 9.28 Å². The third-order valence-electron chi connectivity index (χ3n) is 2.39. The number of rotatable bonds is 10. The van der Waals surface area contributed by atoms with Crippen LogP contribution in [-0.4, -0.2) is 60.4 Å². The Labute approximate surface area is 185 Å². The minimum Gasteiger partial charge on any atom is -0.439 e. The summed E-state index contributed by atoms with van der Waals surface area (Å²) < 4.78 is 30.1. The van der Waals surface area contributed by atoms with Gasteiger partial charge in [0.05, 0.1) is 0 Å². The topological polar surface area (TPSA) is 46.2 Å². The summed E-state index contributed by atoms with van der Waals surface area (Å²) in [5, 5.41) is 0. The van der Waals surface area contributed by atoms with Crippen LogP contribution in [0.3, 0.4) is 0 Å². The molecule has 12 heteroatoms. The van der Waals surface area contributed by atoms with Crippen molar-refractivity contribution in [3.63, 3.8) is 0 Å². The van der Waals surface area contributed by atoms with E-state index in [9.17, 15) is 0 Å². The van der Waals surface area contributed by atoms with Crippen LogP contribution in [0.1, 0.15) is 0 Å². The summed E-state index contributed by atoms with van der Waals surface area (Å²) in [4.78, 5) is 0. The molecule has 0 atom stereocenters. The van der Waals surface area contributed by atoms with Crippen molar-refractivity contribution in [2.45, 2.75) is 105 Å². The van der Waals surface area contributed by atoms with Crippen molar-refractivity contribution in [1.29, 1.82) is 0 Å². The lowest BCUT2D eigenvalue weighted by Gasteiger charge is -2.33. The van der Waals surface area contributed by atoms with E-state index in [0.29, 0.717) is 0 Å². The molecule has 0 aliphatic rings. The molecule has 5 nitrogen and oxygen atoms in total. The van der Waals surface area contributed by atoms with E-state index in [4.69, 9.17) is 20.6 Å². The van der Waals surface area contributed by atoms with Crippen LogP contribution in [0.2, 0.25) is 105 Å². The van der Waals surface area contributed by atoms with Crippen molar-refractivity contribution < 1.29 is 20.6 Å². The predicted molar refractivity (Wildman–Crippen MR) is 142 cm³/mol. The van der Waals surface area contributed by atoms with Crippen LogP contribution >= 0.6 is 0 Å². The maximum Gasteiger partial charge on any atom is 0.452 e. The third-order valence-corrected chi connectivity index (χ3v) is 21.5. The monoisotopic (exact) mass is 518 g/mol. The van der Waals surface area contributed by atoms with Gasteiger partial charge in [0.1, 0.15) is 0 Å². The molecule has 0 rings (SSSR count). The molecule has 0 aliphatic heterocycles. The van der Waals surface area contributed by atoms with E-state index in [1.165, 1.54) is 0 Å². The van der Waals surface area contributed by atoms with Gasteiger partial charge < -0.3 is 20.6 Å². The number of hydrogen-bond acceptors (Lipinski definition) is 5. The Balaban J connectivity index is 0. The first-order valence-electron chi connectivity index (χ1n) is 10.3. The predicted octanol–water partition coefficient (Wildman–Crippen LogP) is 5.80. The van der Waals surface area contributed by atoms with Crippen LogP contribution in [0, 0.1) is 0 Å². The molecule has 0 radical (unpaired) electrons. The van der Waals surface area contributed by atoms with E-state index >= 15 is 0 Å². The molecule has 172 valence electrons. The highest BCUT2D eigenvalue weighted by Gasteiger charge is 2.33. The fraction of sp³-hybridized carbons (Fsp3) is 1.00. The number of hydrogen-bond donors (Lipinski definition) is 0. The van der Waals surface area contributed by atoms with E-state index in [2.05, 4.69) is 105 Å². The van der Waals surface area contributed by atoms with Gasteiger partial charge >= 0.3 is 9.53 Å². The Morgan fingerprint density at radius 1 is 0.357 bits per heavy atom. The van der Waals surface area contributed by atoms with Gasteiger partial charge in [0.15, 0.2) is 41.6 Å². The fourth-order valence-electron chi connectivity index (χ4n) is 1.96. The van der Waals surface area contributed by atoms with Crippen LogP contribution < -0.4 is 0 Å². The van der Waals surface area contributed by atoms with Crippen LogP contribution in [0.4, 0.5) is 0 Å². The Hall–Kier alpha value is 1.32. The molecule has 0 aromatic carbocycles. The van der Waals surface area contributed by atoms with Gasteiger partial charge in [0, 0.05) is 0 Å². The molecule has 0 unspecified atom stereocenters. The normalized spacial score (nSPS) is 14.4. The highest BCUT2D eigenvalue weighted by Crippen LogP contribution is 2.16. The smallest absolute Gasteiger partial charge is 0.439 e. The Morgan fingerprint density at radius 2 is 0.536 bits per heavy atom. The highest BCUT2D eigenvalue weighted by atomic mass is 28.5. The van der Waals surface area contributed by atoms with Crippen LogP contribution in [-0.2, 0) is 20.6 Å². The van der Waals surface area contributed by atoms with E-state index in [1.807, 2.05) is 0 Å². The molecule has 0 saturated carbocycles. The third kappa shape index (κ3) is 27.3. The van der Waals surface area contributed by atoms with Crippen molar-refractivity contribution >= 4 is 60.4 Å². The summed E-state index contributed by atoms with van der Waals surface area (Å²) in [5.41, 5.74) is 0. The lowest BCUT2D eigenvalue weighted by Crippen LogP contribution is -2.49. The first kappa shape index (κ1) is 31.5. The molecular formula is C16H50O5Si7. The average Bonchev–Trinajstić information content (AvgIpc) is 2.14. The Kier molecular flexibility index (Phi) is 13.3. The van der Waals surface area contributed by atoms with Gasteiger partial charge in [-0.3, -0.25) is 0 Å². The van der Waals surface area contributed by atoms with Gasteiger partial charge in [-0.25, -0.2) is 0 Å². The summed E-state index contributed by atoms with van der Waals surface area (Å²) in [6.07, 6.45) is 0. The molecule has 0 heterocycles. The zero-order valence-electron chi connectivity index (χ0n) is 21.7. The minimum absolute atomic E-state index is 1.33. The van der Waals surface area contributed by atoms with Gasteiger partial charge in [-0.1, -0.05) is 0 Å². The molecular weight excluding hydrogens is 469 g/mol. The molecule has 0 N–H and O–H groups in total. The molecule has 0 fully saturated rings. The van der Waals surface area contributed by atoms with Crippen molar-refractivity contribution in [3.05, 3.63) is 0 Å². The maximum atomic E-state index is 6.09. The summed E-state index contributed by atoms with van der Waals surface area (Å²) in [7, 11) is -10.7. The summed E-state index contributed by atoms with van der Waals surface area (Å²) in [6, 6.07) is 0. The van der Waals surface area contributed by atoms with E-state index < -0.39 is 60.4 Å². The van der Waals surface area contributed by atoms with Gasteiger partial charge in [-0.2, -0.15) is 0 Å². The SMILES string of the molecule is C[SiH](O[Si](C)(C)C)O[Si](C)(C)C.C[Si](C)(C)O[SiH](O[Si](C)(C)C)O[Si](C)(C)C. The summed E-state index contributed by atoms with van der Waals surface area (Å²) in [5.74, 6) is 0. The largest absolute Gasteiger partial charge is 0.452 e. The molecule has 0 aromatic heterocycles. The van der Waals surface area contributed by atoms with Gasteiger partial charge in [-0.05, 0) is 105 Å². The quantitative estimate of drug-likeness (QED) is 0.342. The van der Waals surface area contributed by atoms with Crippen molar-refractivity contribution in [2.75, 3.05) is 0 Å². The molecule has 0 bridgehead atoms. The lowest BCUT2D eigenvalue weighted by atomic mass is 11.8. The zero-order chi connectivity index (χ0) is 23.2. The first-order valence-corrected chi connectivity index (χ1v) is 30.8. The average molecular weight is 519 g/mol. The van der Waals surface area contributed by atoms with Crippen LogP contribution in [0.5, 0.6) is 0 Å². The zero-order valence-corrected chi connectivity index (χ0v) is 29.0. The van der Waals surface area contributed by atoms with E-state index in [0.717, 1.165) is 0 Å². The molecule has 28 heavy (non-hydrogen) atoms. The molecule has 0 aromatic rings. The van der Waals surface area contributed by atoms with Gasteiger partial charge in [-0.15, -0.1) is 0 Å². The van der Waals surface area contributed by atoms with Crippen LogP contribution in [0.15, 0.2) is 0 Å². The fourth-order valence-corrected chi connectivity index (χ4v) is 19.4. The second-order valence-electron chi connectivity index (χ2n) is 12.0. The maximum absolute atomic E-state index is 6.09. The second-order valence-corrected chi connectivity index (χ2v) is 39.6. The molecule has 0 amide bonds. The first-order chi connectivity index (χ1) is 11.9. The highest BCUT2D eigenvalue weighted by molar-refractivity contribution is 6.83. The van der Waals surface area contributed by atoms with E-state index in [-0.39, 0.29) is 0 Å². The molecule has 0 aliphatic carbocycles. The Bertz CT molecular complexity index is 377. The summed E-state index contributed by atoms with van der Waals surface area (Å²) in [6.45, 7) is 35.1. The molecule has 0 spiro atoms. The van der Waals surface area contributed by atoms with Crippen molar-refractivity contribution in [3.8, 4) is 0 Å². The van der Waals surface area contributed by atoms with Gasteiger partial charge in [0.2, 0.25) is 0 Å². The molecule has 0 saturated heterocycles.